The zero-order chi connectivity index (χ0) is 26.4. The quantitative estimate of drug-likeness (QED) is 0.310. The van der Waals surface area contributed by atoms with Gasteiger partial charge in [0, 0.05) is 5.69 Å². The molecule has 2 atom stereocenters. The van der Waals surface area contributed by atoms with E-state index in [0.29, 0.717) is 29.5 Å². The van der Waals surface area contributed by atoms with Crippen LogP contribution in [0.2, 0.25) is 0 Å². The third kappa shape index (κ3) is 6.04. The first-order chi connectivity index (χ1) is 17.9. The van der Waals surface area contributed by atoms with E-state index < -0.39 is 11.2 Å². The number of hydrogen-bond acceptors (Lipinski definition) is 5. The van der Waals surface area contributed by atoms with Crippen molar-refractivity contribution < 1.29 is 14.3 Å². The molecule has 2 amide bonds. The van der Waals surface area contributed by atoms with E-state index in [1.807, 2.05) is 75.4 Å². The van der Waals surface area contributed by atoms with Crippen LogP contribution in [0.1, 0.15) is 36.6 Å². The molecule has 1 heterocycles. The highest BCUT2D eigenvalue weighted by Crippen LogP contribution is 2.42. The van der Waals surface area contributed by atoms with Crippen molar-refractivity contribution >= 4 is 29.3 Å². The van der Waals surface area contributed by atoms with Crippen LogP contribution in [0.4, 0.5) is 5.69 Å². The van der Waals surface area contributed by atoms with E-state index in [2.05, 4.69) is 11.4 Å². The van der Waals surface area contributed by atoms with Gasteiger partial charge in [-0.2, -0.15) is 5.26 Å². The van der Waals surface area contributed by atoms with Crippen LogP contribution in [-0.2, 0) is 16.0 Å². The molecule has 0 aromatic heterocycles. The van der Waals surface area contributed by atoms with Crippen molar-refractivity contribution in [2.75, 3.05) is 11.5 Å². The molecule has 1 saturated heterocycles. The second kappa shape index (κ2) is 11.8. The summed E-state index contributed by atoms with van der Waals surface area (Å²) >= 11 is 1.26. The van der Waals surface area contributed by atoms with Gasteiger partial charge in [0.25, 0.3) is 5.91 Å². The maximum absolute atomic E-state index is 13.7. The number of rotatable bonds is 8. The van der Waals surface area contributed by atoms with Crippen LogP contribution in [0.3, 0.4) is 0 Å². The SMILES string of the molecule is CCOc1ccc(N2C(=O)C(Cc3ccc(C)cc3)S/C2=C(/C#N)C(=O)NC(C)c2ccccc2)cc1. The molecule has 1 fully saturated rings. The number of anilines is 1. The van der Waals surface area contributed by atoms with Crippen LogP contribution in [0.25, 0.3) is 0 Å². The van der Waals surface area contributed by atoms with E-state index in [1.54, 1.807) is 24.3 Å². The molecule has 1 aliphatic heterocycles. The van der Waals surface area contributed by atoms with Crippen molar-refractivity contribution in [2.24, 2.45) is 0 Å². The standard InChI is InChI=1S/C30H29N3O3S/c1-4-36-25-16-14-24(15-17-25)33-29(35)27(18-22-12-10-20(2)11-13-22)37-30(33)26(19-31)28(34)32-21(3)23-8-6-5-7-9-23/h5-17,21,27H,4,18H2,1-3H3,(H,32,34)/b30-26-. The summed E-state index contributed by atoms with van der Waals surface area (Å²) in [6.45, 7) is 6.31. The normalized spacial score (nSPS) is 17.2. The van der Waals surface area contributed by atoms with Gasteiger partial charge in [-0.25, -0.2) is 0 Å². The molecular formula is C30H29N3O3S. The van der Waals surface area contributed by atoms with Crippen LogP contribution in [-0.4, -0.2) is 23.7 Å². The Hall–Kier alpha value is -4.02. The minimum absolute atomic E-state index is 0.0820. The third-order valence-corrected chi connectivity index (χ3v) is 7.36. The second-order valence-corrected chi connectivity index (χ2v) is 9.99. The van der Waals surface area contributed by atoms with Crippen molar-refractivity contribution in [1.29, 1.82) is 5.26 Å². The molecule has 188 valence electrons. The fraction of sp³-hybridized carbons (Fsp3) is 0.233. The molecule has 1 N–H and O–H groups in total. The summed E-state index contributed by atoms with van der Waals surface area (Å²) < 4.78 is 5.54. The Balaban J connectivity index is 1.69. The molecule has 0 spiro atoms. The molecule has 0 bridgehead atoms. The molecule has 0 aliphatic carbocycles. The number of nitriles is 1. The second-order valence-electron chi connectivity index (χ2n) is 8.79. The van der Waals surface area contributed by atoms with E-state index in [-0.39, 0.29) is 17.5 Å². The Labute approximate surface area is 221 Å². The summed E-state index contributed by atoms with van der Waals surface area (Å²) in [6.07, 6.45) is 0.488. The predicted molar refractivity (Wildman–Crippen MR) is 147 cm³/mol. The van der Waals surface area contributed by atoms with E-state index >= 15 is 0 Å². The number of nitrogens with one attached hydrogen (secondary N) is 1. The van der Waals surface area contributed by atoms with Crippen LogP contribution < -0.4 is 15.0 Å². The van der Waals surface area contributed by atoms with Crippen LogP contribution in [0.15, 0.2) is 89.5 Å². The van der Waals surface area contributed by atoms with Crippen molar-refractivity contribution in [3.05, 3.63) is 106 Å². The molecule has 0 radical (unpaired) electrons. The number of amides is 2. The first-order valence-electron chi connectivity index (χ1n) is 12.2. The molecular weight excluding hydrogens is 482 g/mol. The molecule has 3 aromatic carbocycles. The van der Waals surface area contributed by atoms with E-state index in [1.165, 1.54) is 16.7 Å². The lowest BCUT2D eigenvalue weighted by Gasteiger charge is -2.20. The summed E-state index contributed by atoms with van der Waals surface area (Å²) in [5, 5.41) is 12.9. The lowest BCUT2D eigenvalue weighted by molar-refractivity contribution is -0.117. The summed E-state index contributed by atoms with van der Waals surface area (Å²) in [7, 11) is 0. The molecule has 4 rings (SSSR count). The molecule has 37 heavy (non-hydrogen) atoms. The highest BCUT2D eigenvalue weighted by molar-refractivity contribution is 8.05. The number of carbonyl (C=O) groups excluding carboxylic acids is 2. The molecule has 2 unspecified atom stereocenters. The zero-order valence-corrected chi connectivity index (χ0v) is 21.9. The van der Waals surface area contributed by atoms with Gasteiger partial charge in [0.05, 0.1) is 17.9 Å². The number of hydrogen-bond donors (Lipinski definition) is 1. The van der Waals surface area contributed by atoms with Crippen LogP contribution in [0.5, 0.6) is 5.75 Å². The number of thioether (sulfide) groups is 1. The number of ether oxygens (including phenoxy) is 1. The summed E-state index contributed by atoms with van der Waals surface area (Å²) in [6, 6.07) is 26.5. The Bertz CT molecular complexity index is 1330. The number of aryl methyl sites for hydroxylation is 1. The lowest BCUT2D eigenvalue weighted by Crippen LogP contribution is -2.32. The monoisotopic (exact) mass is 511 g/mol. The van der Waals surface area contributed by atoms with Gasteiger partial charge in [-0.15, -0.1) is 0 Å². The van der Waals surface area contributed by atoms with Crippen molar-refractivity contribution in [2.45, 2.75) is 38.5 Å². The lowest BCUT2D eigenvalue weighted by atomic mass is 10.1. The fourth-order valence-electron chi connectivity index (χ4n) is 4.11. The number of benzene rings is 3. The molecule has 0 saturated carbocycles. The topological polar surface area (TPSA) is 82.4 Å². The molecule has 6 nitrogen and oxygen atoms in total. The summed E-state index contributed by atoms with van der Waals surface area (Å²) in [4.78, 5) is 28.5. The minimum Gasteiger partial charge on any atom is -0.494 e. The Morgan fingerprint density at radius 3 is 2.38 bits per heavy atom. The summed E-state index contributed by atoms with van der Waals surface area (Å²) in [5.41, 5.74) is 3.58. The summed E-state index contributed by atoms with van der Waals surface area (Å²) in [5.74, 6) is 0.00434. The maximum Gasteiger partial charge on any atom is 0.265 e. The fourth-order valence-corrected chi connectivity index (χ4v) is 5.42. The smallest absolute Gasteiger partial charge is 0.265 e. The molecule has 3 aromatic rings. The zero-order valence-electron chi connectivity index (χ0n) is 21.1. The van der Waals surface area contributed by atoms with E-state index in [9.17, 15) is 14.9 Å². The van der Waals surface area contributed by atoms with Gasteiger partial charge in [0.1, 0.15) is 22.4 Å². The highest BCUT2D eigenvalue weighted by Gasteiger charge is 2.41. The van der Waals surface area contributed by atoms with Gasteiger partial charge in [0.2, 0.25) is 5.91 Å². The first-order valence-corrected chi connectivity index (χ1v) is 13.1. The Morgan fingerprint density at radius 1 is 1.08 bits per heavy atom. The highest BCUT2D eigenvalue weighted by atomic mass is 32.2. The van der Waals surface area contributed by atoms with Crippen LogP contribution in [0, 0.1) is 18.3 Å². The van der Waals surface area contributed by atoms with Gasteiger partial charge in [-0.3, -0.25) is 14.5 Å². The predicted octanol–water partition coefficient (Wildman–Crippen LogP) is 5.70. The minimum atomic E-state index is -0.513. The van der Waals surface area contributed by atoms with Gasteiger partial charge in [-0.1, -0.05) is 71.9 Å². The third-order valence-electron chi connectivity index (χ3n) is 6.10. The molecule has 7 heteroatoms. The van der Waals surface area contributed by atoms with Crippen molar-refractivity contribution in [3.8, 4) is 11.8 Å². The van der Waals surface area contributed by atoms with Gasteiger partial charge in [-0.05, 0) is 62.6 Å². The largest absolute Gasteiger partial charge is 0.494 e. The Kier molecular flexibility index (Phi) is 8.32. The Morgan fingerprint density at radius 2 is 1.76 bits per heavy atom. The van der Waals surface area contributed by atoms with E-state index in [0.717, 1.165) is 16.7 Å². The number of nitrogens with zero attached hydrogens (tertiary/aromatic N) is 2. The average molecular weight is 512 g/mol. The number of carbonyl (C=O) groups is 2. The first kappa shape index (κ1) is 26.1. The van der Waals surface area contributed by atoms with Crippen molar-refractivity contribution in [3.63, 3.8) is 0 Å². The maximum atomic E-state index is 13.7. The molecule has 1 aliphatic rings. The van der Waals surface area contributed by atoms with Gasteiger partial charge in [0.15, 0.2) is 0 Å². The van der Waals surface area contributed by atoms with Crippen LogP contribution >= 0.6 is 11.8 Å². The van der Waals surface area contributed by atoms with Gasteiger partial charge >= 0.3 is 0 Å². The average Bonchev–Trinajstić information content (AvgIpc) is 3.22. The van der Waals surface area contributed by atoms with E-state index in [4.69, 9.17) is 4.74 Å². The van der Waals surface area contributed by atoms with Gasteiger partial charge < -0.3 is 10.1 Å². The van der Waals surface area contributed by atoms with Crippen molar-refractivity contribution in [1.82, 2.24) is 5.32 Å².